The minimum Gasteiger partial charge on any atom is -0.460 e. The number of esters is 2. The standard InChI is InChI=1S/C32H37NO5/c1-32(2,3)38-30(35)28(20-13-21-34)29(31(36)37-24-27-18-11-6-12-19-27)33(22-25-14-7-4-8-15-25)23-26-16-9-5-10-17-26/h4-12,14-19,21,28-29H,13,20,22-24H2,1-3H3/t28-,29-/m0/s1. The summed E-state index contributed by atoms with van der Waals surface area (Å²) in [4.78, 5) is 40.7. The van der Waals surface area contributed by atoms with Crippen LogP contribution in [-0.4, -0.2) is 34.8 Å². The van der Waals surface area contributed by atoms with Gasteiger partial charge in [-0.15, -0.1) is 0 Å². The molecule has 3 rings (SSSR count). The zero-order valence-corrected chi connectivity index (χ0v) is 22.4. The molecule has 0 amide bonds. The second-order valence-corrected chi connectivity index (χ2v) is 10.3. The molecule has 0 N–H and O–H groups in total. The van der Waals surface area contributed by atoms with Crippen molar-refractivity contribution in [2.24, 2.45) is 5.92 Å². The van der Waals surface area contributed by atoms with E-state index in [4.69, 9.17) is 9.47 Å². The zero-order chi connectivity index (χ0) is 27.4. The van der Waals surface area contributed by atoms with Crippen molar-refractivity contribution >= 4 is 18.2 Å². The molecule has 0 spiro atoms. The first-order valence-electron chi connectivity index (χ1n) is 13.0. The number of hydrogen-bond donors (Lipinski definition) is 0. The van der Waals surface area contributed by atoms with Gasteiger partial charge >= 0.3 is 11.9 Å². The third-order valence-electron chi connectivity index (χ3n) is 6.00. The van der Waals surface area contributed by atoms with Crippen molar-refractivity contribution in [1.82, 2.24) is 4.90 Å². The average molecular weight is 516 g/mol. The van der Waals surface area contributed by atoms with Gasteiger partial charge in [-0.05, 0) is 43.9 Å². The molecule has 2 atom stereocenters. The lowest BCUT2D eigenvalue weighted by atomic mass is 9.92. The van der Waals surface area contributed by atoms with Gasteiger partial charge in [0.1, 0.15) is 24.5 Å². The molecule has 0 aliphatic rings. The Hall–Kier alpha value is -3.77. The van der Waals surface area contributed by atoms with Crippen LogP contribution in [0.15, 0.2) is 91.0 Å². The molecular weight excluding hydrogens is 478 g/mol. The Morgan fingerprint density at radius 2 is 1.24 bits per heavy atom. The molecule has 0 radical (unpaired) electrons. The maximum absolute atomic E-state index is 13.9. The minimum atomic E-state index is -0.964. The van der Waals surface area contributed by atoms with E-state index in [0.29, 0.717) is 13.1 Å². The molecule has 0 aromatic heterocycles. The molecule has 0 fully saturated rings. The Bertz CT molecular complexity index is 1100. The van der Waals surface area contributed by atoms with Crippen LogP contribution < -0.4 is 0 Å². The van der Waals surface area contributed by atoms with Gasteiger partial charge in [0.15, 0.2) is 0 Å². The lowest BCUT2D eigenvalue weighted by molar-refractivity contribution is -0.171. The molecule has 38 heavy (non-hydrogen) atoms. The van der Waals surface area contributed by atoms with Gasteiger partial charge in [-0.2, -0.15) is 0 Å². The fourth-order valence-corrected chi connectivity index (χ4v) is 4.30. The molecule has 200 valence electrons. The summed E-state index contributed by atoms with van der Waals surface area (Å²) in [6.07, 6.45) is 1.06. The summed E-state index contributed by atoms with van der Waals surface area (Å²) in [7, 11) is 0. The van der Waals surface area contributed by atoms with Crippen LogP contribution in [0.25, 0.3) is 0 Å². The summed E-state index contributed by atoms with van der Waals surface area (Å²) in [5.41, 5.74) is 2.07. The predicted molar refractivity (Wildman–Crippen MR) is 147 cm³/mol. The highest BCUT2D eigenvalue weighted by Crippen LogP contribution is 2.26. The van der Waals surface area contributed by atoms with Crippen LogP contribution in [0.4, 0.5) is 0 Å². The number of aldehydes is 1. The Morgan fingerprint density at radius 3 is 1.68 bits per heavy atom. The largest absolute Gasteiger partial charge is 0.460 e. The van der Waals surface area contributed by atoms with E-state index in [-0.39, 0.29) is 19.4 Å². The molecular formula is C32H37NO5. The first kappa shape index (κ1) is 28.8. The monoisotopic (exact) mass is 515 g/mol. The van der Waals surface area contributed by atoms with Gasteiger partial charge in [0, 0.05) is 19.5 Å². The van der Waals surface area contributed by atoms with Crippen molar-refractivity contribution in [3.63, 3.8) is 0 Å². The summed E-state index contributed by atoms with van der Waals surface area (Å²) < 4.78 is 11.6. The van der Waals surface area contributed by atoms with Crippen LogP contribution in [-0.2, 0) is 43.6 Å². The van der Waals surface area contributed by atoms with E-state index in [1.54, 1.807) is 20.8 Å². The minimum absolute atomic E-state index is 0.0788. The number of carbonyl (C=O) groups is 3. The topological polar surface area (TPSA) is 72.9 Å². The SMILES string of the molecule is CC(C)(C)OC(=O)[C@@H](CCC=O)[C@@H](C(=O)OCc1ccccc1)N(Cc1ccccc1)Cc1ccccc1. The van der Waals surface area contributed by atoms with Gasteiger partial charge in [-0.1, -0.05) is 91.0 Å². The zero-order valence-electron chi connectivity index (χ0n) is 22.4. The molecule has 0 aliphatic heterocycles. The van der Waals surface area contributed by atoms with Gasteiger partial charge in [0.05, 0.1) is 5.92 Å². The Kier molecular flexibility index (Phi) is 10.8. The summed E-state index contributed by atoms with van der Waals surface area (Å²) in [6, 6.07) is 28.0. The summed E-state index contributed by atoms with van der Waals surface area (Å²) in [5.74, 6) is -1.94. The first-order chi connectivity index (χ1) is 18.3. The summed E-state index contributed by atoms with van der Waals surface area (Å²) >= 11 is 0. The van der Waals surface area contributed by atoms with E-state index in [1.165, 1.54) is 0 Å². The van der Waals surface area contributed by atoms with Gasteiger partial charge < -0.3 is 14.3 Å². The molecule has 0 bridgehead atoms. The van der Waals surface area contributed by atoms with Gasteiger partial charge in [0.2, 0.25) is 0 Å². The molecule has 0 unspecified atom stereocenters. The van der Waals surface area contributed by atoms with Crippen molar-refractivity contribution in [1.29, 1.82) is 0 Å². The van der Waals surface area contributed by atoms with Crippen LogP contribution in [0.3, 0.4) is 0 Å². The van der Waals surface area contributed by atoms with Crippen LogP contribution >= 0.6 is 0 Å². The fraction of sp³-hybridized carbons (Fsp3) is 0.344. The van der Waals surface area contributed by atoms with Crippen LogP contribution in [0, 0.1) is 5.92 Å². The first-order valence-corrected chi connectivity index (χ1v) is 13.0. The van der Waals surface area contributed by atoms with E-state index in [0.717, 1.165) is 23.0 Å². The van der Waals surface area contributed by atoms with Crippen LogP contribution in [0.2, 0.25) is 0 Å². The molecule has 3 aromatic carbocycles. The Labute approximate surface area is 225 Å². The normalized spacial score (nSPS) is 12.9. The lowest BCUT2D eigenvalue weighted by Gasteiger charge is -2.35. The van der Waals surface area contributed by atoms with Crippen molar-refractivity contribution in [2.75, 3.05) is 0 Å². The second-order valence-electron chi connectivity index (χ2n) is 10.3. The van der Waals surface area contributed by atoms with E-state index < -0.39 is 29.5 Å². The molecule has 0 saturated heterocycles. The average Bonchev–Trinajstić information content (AvgIpc) is 2.90. The van der Waals surface area contributed by atoms with E-state index >= 15 is 0 Å². The number of carbonyl (C=O) groups excluding carboxylic acids is 3. The van der Waals surface area contributed by atoms with Crippen molar-refractivity contribution in [3.8, 4) is 0 Å². The lowest BCUT2D eigenvalue weighted by Crippen LogP contribution is -2.50. The van der Waals surface area contributed by atoms with E-state index in [9.17, 15) is 14.4 Å². The number of ether oxygens (including phenoxy) is 2. The predicted octanol–water partition coefficient (Wildman–Crippen LogP) is 5.74. The third-order valence-corrected chi connectivity index (χ3v) is 6.00. The molecule has 0 heterocycles. The summed E-state index contributed by atoms with van der Waals surface area (Å²) in [5, 5.41) is 0. The number of hydrogen-bond acceptors (Lipinski definition) is 6. The van der Waals surface area contributed by atoms with E-state index in [2.05, 4.69) is 0 Å². The molecule has 0 aliphatic carbocycles. The van der Waals surface area contributed by atoms with E-state index in [1.807, 2.05) is 95.9 Å². The van der Waals surface area contributed by atoms with Gasteiger partial charge in [-0.25, -0.2) is 0 Å². The maximum atomic E-state index is 13.9. The highest BCUT2D eigenvalue weighted by molar-refractivity contribution is 5.85. The molecule has 6 nitrogen and oxygen atoms in total. The highest BCUT2D eigenvalue weighted by Gasteiger charge is 2.41. The van der Waals surface area contributed by atoms with Gasteiger partial charge in [0.25, 0.3) is 0 Å². The number of rotatable bonds is 13. The second kappa shape index (κ2) is 14.2. The maximum Gasteiger partial charge on any atom is 0.324 e. The fourth-order valence-electron chi connectivity index (χ4n) is 4.30. The molecule has 3 aromatic rings. The van der Waals surface area contributed by atoms with Crippen molar-refractivity contribution in [3.05, 3.63) is 108 Å². The van der Waals surface area contributed by atoms with Crippen LogP contribution in [0.1, 0.15) is 50.3 Å². The Morgan fingerprint density at radius 1 is 0.763 bits per heavy atom. The quantitative estimate of drug-likeness (QED) is 0.214. The Balaban J connectivity index is 2.02. The molecule has 6 heteroatoms. The van der Waals surface area contributed by atoms with Gasteiger partial charge in [-0.3, -0.25) is 14.5 Å². The molecule has 0 saturated carbocycles. The highest BCUT2D eigenvalue weighted by atomic mass is 16.6. The van der Waals surface area contributed by atoms with Crippen molar-refractivity contribution in [2.45, 2.75) is 65.0 Å². The van der Waals surface area contributed by atoms with Crippen LogP contribution in [0.5, 0.6) is 0 Å². The smallest absolute Gasteiger partial charge is 0.324 e. The van der Waals surface area contributed by atoms with Crippen molar-refractivity contribution < 1.29 is 23.9 Å². The number of benzene rings is 3. The third kappa shape index (κ3) is 9.27. The number of nitrogens with zero attached hydrogens (tertiary/aromatic N) is 1. The summed E-state index contributed by atoms with van der Waals surface area (Å²) in [6.45, 7) is 6.25.